The molecule has 0 aromatic carbocycles. The number of rotatable bonds is 7. The quantitative estimate of drug-likeness (QED) is 0.593. The zero-order valence-electron chi connectivity index (χ0n) is 9.54. The van der Waals surface area contributed by atoms with Crippen LogP contribution in [0.3, 0.4) is 0 Å². The Morgan fingerprint density at radius 3 is 2.89 bits per heavy atom. The van der Waals surface area contributed by atoms with Crippen LogP contribution in [0.15, 0.2) is 16.9 Å². The normalized spacial score (nSPS) is 12.3. The van der Waals surface area contributed by atoms with Crippen molar-refractivity contribution in [2.75, 3.05) is 0 Å². The number of aldehydes is 2. The monoisotopic (exact) mass is 283 g/mol. The van der Waals surface area contributed by atoms with E-state index < -0.39 is 6.04 Å². The van der Waals surface area contributed by atoms with Crippen molar-refractivity contribution < 1.29 is 14.4 Å². The second-order valence-electron chi connectivity index (χ2n) is 3.52. The van der Waals surface area contributed by atoms with Gasteiger partial charge in [-0.05, 0) is 34.9 Å². The summed E-state index contributed by atoms with van der Waals surface area (Å²) >= 11 is 5.24. The molecule has 0 fully saturated rings. The Balaban J connectivity index is 2.62. The van der Waals surface area contributed by atoms with Crippen LogP contribution in [-0.4, -0.2) is 24.5 Å². The Bertz CT molecular complexity index is 454. The maximum atomic E-state index is 11.8. The van der Waals surface area contributed by atoms with Crippen LogP contribution in [0.1, 0.15) is 28.1 Å². The highest BCUT2D eigenvalue weighted by atomic mass is 32.1. The molecule has 0 bridgehead atoms. The van der Waals surface area contributed by atoms with E-state index in [-0.39, 0.29) is 12.3 Å². The lowest BCUT2D eigenvalue weighted by atomic mass is 10.2. The fourth-order valence-corrected chi connectivity index (χ4v) is 2.26. The van der Waals surface area contributed by atoms with E-state index in [1.165, 1.54) is 11.3 Å². The lowest BCUT2D eigenvalue weighted by Gasteiger charge is -2.09. The van der Waals surface area contributed by atoms with E-state index in [0.717, 1.165) is 11.8 Å². The summed E-state index contributed by atoms with van der Waals surface area (Å²) in [4.78, 5) is 33.3. The number of hydrogen-bond acceptors (Lipinski definition) is 5. The zero-order chi connectivity index (χ0) is 13.4. The summed E-state index contributed by atoms with van der Waals surface area (Å²) in [6.07, 6.45) is 3.71. The molecule has 1 aromatic rings. The molecule has 0 aliphatic rings. The average molecular weight is 283 g/mol. The molecule has 1 heterocycles. The topological polar surface area (TPSA) is 63.2 Å². The van der Waals surface area contributed by atoms with Gasteiger partial charge in [0.15, 0.2) is 0 Å². The van der Waals surface area contributed by atoms with Crippen molar-refractivity contribution in [2.24, 2.45) is 0 Å². The summed E-state index contributed by atoms with van der Waals surface area (Å²) in [5.74, 6) is -0.304. The van der Waals surface area contributed by atoms with Crippen LogP contribution in [0, 0.1) is 0 Å². The first kappa shape index (κ1) is 14.7. The average Bonchev–Trinajstić information content (AvgIpc) is 2.83. The molecule has 6 heteroatoms. The van der Waals surface area contributed by atoms with Crippen LogP contribution in [-0.2, 0) is 9.59 Å². The molecule has 96 valence electrons. The molecule has 0 aliphatic carbocycles. The molecule has 0 unspecified atom stereocenters. The Kier molecular flexibility index (Phi) is 6.38. The fourth-order valence-electron chi connectivity index (χ4n) is 1.30. The minimum absolute atomic E-state index is 0.252. The minimum Gasteiger partial charge on any atom is -0.342 e. The molecular weight excluding hydrogens is 270 g/mol. The van der Waals surface area contributed by atoms with Gasteiger partial charge in [0.2, 0.25) is 0 Å². The molecular formula is C12H13NO3S2. The van der Waals surface area contributed by atoms with E-state index in [9.17, 15) is 14.4 Å². The largest absolute Gasteiger partial charge is 0.342 e. The van der Waals surface area contributed by atoms with E-state index >= 15 is 0 Å². The van der Waals surface area contributed by atoms with Crippen molar-refractivity contribution in [1.29, 1.82) is 0 Å². The van der Waals surface area contributed by atoms with E-state index in [1.54, 1.807) is 17.6 Å². The molecule has 0 saturated carbocycles. The van der Waals surface area contributed by atoms with Gasteiger partial charge < -0.3 is 14.9 Å². The van der Waals surface area contributed by atoms with Crippen molar-refractivity contribution in [1.82, 2.24) is 5.32 Å². The predicted molar refractivity (Wildman–Crippen MR) is 75.0 cm³/mol. The lowest BCUT2D eigenvalue weighted by Crippen LogP contribution is -2.35. The molecule has 0 radical (unpaired) electrons. The Hall–Kier alpha value is -1.40. The van der Waals surface area contributed by atoms with Crippen molar-refractivity contribution in [3.8, 4) is 0 Å². The maximum Gasteiger partial charge on any atom is 0.261 e. The van der Waals surface area contributed by atoms with Gasteiger partial charge in [-0.3, -0.25) is 4.79 Å². The van der Waals surface area contributed by atoms with E-state index in [1.807, 2.05) is 5.38 Å². The summed E-state index contributed by atoms with van der Waals surface area (Å²) < 4.78 is 0. The molecule has 1 rings (SSSR count). The van der Waals surface area contributed by atoms with E-state index in [2.05, 4.69) is 17.9 Å². The van der Waals surface area contributed by atoms with E-state index in [4.69, 9.17) is 0 Å². The Morgan fingerprint density at radius 1 is 1.50 bits per heavy atom. The van der Waals surface area contributed by atoms with Crippen LogP contribution in [0.5, 0.6) is 0 Å². The Morgan fingerprint density at radius 2 is 2.28 bits per heavy atom. The number of carbonyl (C=O) groups excluding carboxylic acids is 3. The third-order valence-electron chi connectivity index (χ3n) is 2.19. The highest BCUT2D eigenvalue weighted by Crippen LogP contribution is 2.16. The minimum atomic E-state index is -0.617. The summed E-state index contributed by atoms with van der Waals surface area (Å²) in [5.41, 5.74) is 0.885. The van der Waals surface area contributed by atoms with Crippen LogP contribution in [0.2, 0.25) is 0 Å². The fraction of sp³-hybridized carbons (Fsp3) is 0.250. The second kappa shape index (κ2) is 7.84. The number of amides is 1. The van der Waals surface area contributed by atoms with Crippen molar-refractivity contribution in [3.05, 3.63) is 27.3 Å². The van der Waals surface area contributed by atoms with Gasteiger partial charge in [-0.2, -0.15) is 12.6 Å². The van der Waals surface area contributed by atoms with Crippen LogP contribution < -0.4 is 5.32 Å². The number of hydrogen-bond donors (Lipinski definition) is 2. The third-order valence-corrected chi connectivity index (χ3v) is 3.28. The third kappa shape index (κ3) is 4.46. The molecule has 0 saturated heterocycles. The molecule has 18 heavy (non-hydrogen) atoms. The number of carbonyl (C=O) groups is 3. The lowest BCUT2D eigenvalue weighted by molar-refractivity contribution is -0.110. The summed E-state index contributed by atoms with van der Waals surface area (Å²) in [5, 5.41) is 5.98. The van der Waals surface area contributed by atoms with Gasteiger partial charge in [-0.15, -0.1) is 11.3 Å². The van der Waals surface area contributed by atoms with Gasteiger partial charge >= 0.3 is 0 Å². The molecule has 0 aliphatic heterocycles. The van der Waals surface area contributed by atoms with Crippen molar-refractivity contribution in [2.45, 2.75) is 18.9 Å². The van der Waals surface area contributed by atoms with Gasteiger partial charge in [0.05, 0.1) is 10.9 Å². The van der Waals surface area contributed by atoms with Gasteiger partial charge in [0, 0.05) is 6.42 Å². The van der Waals surface area contributed by atoms with E-state index in [0.29, 0.717) is 17.6 Å². The zero-order valence-corrected chi connectivity index (χ0v) is 11.2. The highest BCUT2D eigenvalue weighted by Gasteiger charge is 2.14. The summed E-state index contributed by atoms with van der Waals surface area (Å²) in [6.45, 7) is 0. The van der Waals surface area contributed by atoms with Gasteiger partial charge in [0.25, 0.3) is 5.91 Å². The predicted octanol–water partition coefficient (Wildman–Crippen LogP) is 1.92. The van der Waals surface area contributed by atoms with Gasteiger partial charge in [0.1, 0.15) is 12.6 Å². The summed E-state index contributed by atoms with van der Waals surface area (Å²) in [6, 6.07) is 1.10. The molecule has 1 N–H and O–H groups in total. The van der Waals surface area contributed by atoms with Crippen LogP contribution in [0.25, 0.3) is 6.08 Å². The number of nitrogens with one attached hydrogen (secondary N) is 1. The standard InChI is InChI=1S/C12H13NO3S2/c14-4-1-2-10(7-15)13-12(16)11-6-9(3-5-17)8-18-11/h3-8,10,17H,1-2H2,(H,13,16)/b5-3-/t10-/m0/s1. The summed E-state index contributed by atoms with van der Waals surface area (Å²) in [7, 11) is 0. The maximum absolute atomic E-state index is 11.8. The van der Waals surface area contributed by atoms with Crippen LogP contribution >= 0.6 is 24.0 Å². The SMILES string of the molecule is O=CCC[C@@H](C=O)NC(=O)c1cc(/C=C\S)cs1. The number of thiophene rings is 1. The first-order valence-electron chi connectivity index (χ1n) is 5.30. The molecule has 1 amide bonds. The smallest absolute Gasteiger partial charge is 0.261 e. The van der Waals surface area contributed by atoms with Gasteiger partial charge in [-0.1, -0.05) is 0 Å². The van der Waals surface area contributed by atoms with Crippen molar-refractivity contribution in [3.63, 3.8) is 0 Å². The molecule has 4 nitrogen and oxygen atoms in total. The number of thiol groups is 1. The van der Waals surface area contributed by atoms with Crippen molar-refractivity contribution >= 4 is 48.5 Å². The molecule has 1 aromatic heterocycles. The highest BCUT2D eigenvalue weighted by molar-refractivity contribution is 7.83. The molecule has 1 atom stereocenters. The first-order valence-corrected chi connectivity index (χ1v) is 6.70. The molecule has 0 spiro atoms. The van der Waals surface area contributed by atoms with Crippen LogP contribution in [0.4, 0.5) is 0 Å². The Labute approximate surface area is 114 Å². The van der Waals surface area contributed by atoms with Gasteiger partial charge in [-0.25, -0.2) is 0 Å². The second-order valence-corrected chi connectivity index (χ2v) is 4.73. The first-order chi connectivity index (χ1) is 8.71.